The summed E-state index contributed by atoms with van der Waals surface area (Å²) in [6.07, 6.45) is 0. The van der Waals surface area contributed by atoms with Gasteiger partial charge in [0.1, 0.15) is 33.5 Å². The minimum Gasteiger partial charge on any atom is -0.456 e. The zero-order valence-electron chi connectivity index (χ0n) is 79.7. The van der Waals surface area contributed by atoms with Crippen LogP contribution in [0.25, 0.3) is 256 Å². The van der Waals surface area contributed by atoms with Crippen LogP contribution in [0.3, 0.4) is 0 Å². The number of hydrogen-bond donors (Lipinski definition) is 0. The molecule has 3 aliphatic rings. The average Bonchev–Trinajstić information content (AvgIpc) is 1.55. The number of benzene rings is 20. The van der Waals surface area contributed by atoms with Crippen molar-refractivity contribution in [3.63, 3.8) is 0 Å². The Bertz CT molecular complexity index is 9650. The van der Waals surface area contributed by atoms with Crippen molar-refractivity contribution in [2.45, 2.75) is 57.8 Å². The first-order valence-corrected chi connectivity index (χ1v) is 49.0. The fraction of sp³-hybridized carbons (Fsp3) is 0.0682. The molecule has 680 valence electrons. The molecule has 0 amide bonds. The van der Waals surface area contributed by atoms with Crippen LogP contribution in [0.1, 0.15) is 74.9 Å². The lowest BCUT2D eigenvalue weighted by molar-refractivity contribution is 0.657. The molecule has 0 saturated heterocycles. The van der Waals surface area contributed by atoms with Crippen molar-refractivity contribution in [1.82, 2.24) is 44.9 Å². The van der Waals surface area contributed by atoms with Crippen molar-refractivity contribution >= 4 is 98.1 Å². The topological polar surface area (TPSA) is 155 Å². The van der Waals surface area contributed by atoms with E-state index in [4.69, 9.17) is 58.1 Å². The van der Waals surface area contributed by atoms with Gasteiger partial charge in [0.15, 0.2) is 52.4 Å². The Morgan fingerprint density at radius 1 is 0.160 bits per heavy atom. The van der Waals surface area contributed by atoms with Gasteiger partial charge in [-0.3, -0.25) is 0 Å². The number of rotatable bonds is 11. The van der Waals surface area contributed by atoms with E-state index in [1.165, 1.54) is 105 Å². The summed E-state index contributed by atoms with van der Waals surface area (Å²) in [4.78, 5) is 46.6. The number of aromatic nitrogens is 9. The SMILES string of the molecule is CC1(C)c2cccc(-c3nc(-c4cccc5ccccc45)nc(-c4cccc5ccccc45)n3)c2-c2ccc3oc4ccccc4c3c21.CC1(C)c2cccc(-c3nc(-c4ccccc4)nc(-c4ccc(-c5ccccc5)cc4)n3)c2-c2ccc3oc4ccccc4c3c21.CC1(C)c2cccc(-c3nc(-c4ccccc4)nc(-c4cccc(-c5cccc6ccccc56)c4)n3)c2-c2ccc3oc4ccccc4c3c21. The van der Waals surface area contributed by atoms with Gasteiger partial charge in [-0.05, 0) is 164 Å². The highest BCUT2D eigenvalue weighted by Gasteiger charge is 2.44. The summed E-state index contributed by atoms with van der Waals surface area (Å²) in [5.41, 5.74) is 32.8. The van der Waals surface area contributed by atoms with Crippen molar-refractivity contribution < 1.29 is 13.3 Å². The minimum atomic E-state index is -0.267. The van der Waals surface area contributed by atoms with E-state index >= 15 is 0 Å². The van der Waals surface area contributed by atoms with Gasteiger partial charge >= 0.3 is 0 Å². The summed E-state index contributed by atoms with van der Waals surface area (Å²) >= 11 is 0. The molecule has 144 heavy (non-hydrogen) atoms. The molecule has 12 heteroatoms. The molecule has 0 spiro atoms. The lowest BCUT2D eigenvalue weighted by atomic mass is 9.80. The molecular weight excluding hydrogens is 1760 g/mol. The van der Waals surface area contributed by atoms with Gasteiger partial charge in [0.2, 0.25) is 0 Å². The van der Waals surface area contributed by atoms with Crippen molar-refractivity contribution in [2.75, 3.05) is 0 Å². The molecule has 6 heterocycles. The van der Waals surface area contributed by atoms with Crippen LogP contribution in [0.2, 0.25) is 0 Å². The third kappa shape index (κ3) is 13.8. The minimum absolute atomic E-state index is 0.252. The molecule has 26 aromatic rings. The Kier molecular flexibility index (Phi) is 19.7. The molecule has 0 bridgehead atoms. The second-order valence-corrected chi connectivity index (χ2v) is 39.2. The number of nitrogens with zero attached hydrogens (tertiary/aromatic N) is 9. The maximum Gasteiger partial charge on any atom is 0.164 e. The normalized spacial score (nSPS) is 13.2. The molecule has 3 aliphatic carbocycles. The van der Waals surface area contributed by atoms with Crippen LogP contribution >= 0.6 is 0 Å². The summed E-state index contributed by atoms with van der Waals surface area (Å²) in [6, 6.07) is 150. The van der Waals surface area contributed by atoms with Crippen LogP contribution in [-0.4, -0.2) is 44.9 Å². The van der Waals surface area contributed by atoms with Crippen LogP contribution in [0, 0.1) is 0 Å². The number of fused-ring (bicyclic) bond motifs is 24. The van der Waals surface area contributed by atoms with Crippen LogP contribution in [0.4, 0.5) is 0 Å². The average molecular weight is 1850 g/mol. The summed E-state index contributed by atoms with van der Waals surface area (Å²) in [5.74, 6) is 5.88. The van der Waals surface area contributed by atoms with E-state index in [2.05, 4.69) is 406 Å². The smallest absolute Gasteiger partial charge is 0.164 e. The monoisotopic (exact) mass is 1850 g/mol. The maximum atomic E-state index is 6.35. The van der Waals surface area contributed by atoms with E-state index < -0.39 is 0 Å². The van der Waals surface area contributed by atoms with Crippen LogP contribution in [0.5, 0.6) is 0 Å². The van der Waals surface area contributed by atoms with E-state index in [1.807, 2.05) is 66.7 Å². The first kappa shape index (κ1) is 84.9. The highest BCUT2D eigenvalue weighted by Crippen LogP contribution is 2.60. The molecule has 12 nitrogen and oxygen atoms in total. The quantitative estimate of drug-likeness (QED) is 0.121. The predicted molar refractivity (Wildman–Crippen MR) is 586 cm³/mol. The van der Waals surface area contributed by atoms with Crippen LogP contribution in [0.15, 0.2) is 444 Å². The van der Waals surface area contributed by atoms with Crippen LogP contribution in [-0.2, 0) is 16.2 Å². The lowest BCUT2D eigenvalue weighted by Crippen LogP contribution is -2.15. The van der Waals surface area contributed by atoms with E-state index in [1.54, 1.807) is 0 Å². The second kappa shape index (κ2) is 33.4. The van der Waals surface area contributed by atoms with Gasteiger partial charge in [0.25, 0.3) is 0 Å². The van der Waals surface area contributed by atoms with E-state index in [-0.39, 0.29) is 16.2 Å². The Labute approximate surface area is 830 Å². The van der Waals surface area contributed by atoms with Crippen molar-refractivity contribution in [3.8, 4) is 158 Å². The molecule has 0 radical (unpaired) electrons. The first-order chi connectivity index (χ1) is 70.7. The maximum absolute atomic E-state index is 6.35. The second-order valence-electron chi connectivity index (χ2n) is 39.2. The first-order valence-electron chi connectivity index (χ1n) is 49.0. The molecule has 6 aromatic heterocycles. The van der Waals surface area contributed by atoms with Gasteiger partial charge in [0.05, 0.1) is 0 Å². The fourth-order valence-corrected chi connectivity index (χ4v) is 23.1. The van der Waals surface area contributed by atoms with Gasteiger partial charge in [-0.1, -0.05) is 430 Å². The number of furan rings is 3. The molecular formula is C132H89N9O3. The zero-order chi connectivity index (χ0) is 96.2. The van der Waals surface area contributed by atoms with Gasteiger partial charge in [-0.15, -0.1) is 0 Å². The van der Waals surface area contributed by atoms with Gasteiger partial charge in [-0.25, -0.2) is 44.9 Å². The van der Waals surface area contributed by atoms with Crippen LogP contribution < -0.4 is 0 Å². The third-order valence-electron chi connectivity index (χ3n) is 29.8. The summed E-state index contributed by atoms with van der Waals surface area (Å²) < 4.78 is 19.0. The summed E-state index contributed by atoms with van der Waals surface area (Å²) in [7, 11) is 0. The molecule has 20 aromatic carbocycles. The summed E-state index contributed by atoms with van der Waals surface area (Å²) in [5, 5.41) is 13.9. The predicted octanol–water partition coefficient (Wildman–Crippen LogP) is 34.0. The van der Waals surface area contributed by atoms with Gasteiger partial charge < -0.3 is 13.3 Å². The lowest BCUT2D eigenvalue weighted by Gasteiger charge is -2.22. The Hall–Kier alpha value is -18.4. The van der Waals surface area contributed by atoms with Crippen molar-refractivity contribution in [1.29, 1.82) is 0 Å². The van der Waals surface area contributed by atoms with Gasteiger partial charge in [-0.2, -0.15) is 0 Å². The summed E-state index contributed by atoms with van der Waals surface area (Å²) in [6.45, 7) is 13.9. The largest absolute Gasteiger partial charge is 0.456 e. The third-order valence-corrected chi connectivity index (χ3v) is 29.8. The Morgan fingerprint density at radius 3 is 0.785 bits per heavy atom. The molecule has 0 fully saturated rings. The number of para-hydroxylation sites is 3. The van der Waals surface area contributed by atoms with Crippen molar-refractivity contribution in [2.24, 2.45) is 0 Å². The van der Waals surface area contributed by atoms with Gasteiger partial charge in [0, 0.05) is 98.6 Å². The molecule has 0 atom stereocenters. The van der Waals surface area contributed by atoms with E-state index in [0.717, 1.165) is 132 Å². The standard InChI is InChI=1S/C46H31N3O.C44H29N3O.C42H29N3O/c1-46(2)37-23-12-22-36(40(37)35-25-26-39-41(42(35)46)34-20-8-9-24-38(34)50-39)45-48-43(29-14-4-3-5-15-29)47-44(49-45)31-18-10-17-30(27-31)33-21-11-16-28-13-6-7-19-32(28)33;1-44(2)35-22-11-21-34(38(35)33-24-25-37-39(40(33)44)32-18-7-8-23-36(32)48-37)43-46-41(30-19-9-14-26-12-3-5-16-28(26)30)45-42(47-43)31-20-10-15-27-13-4-6-17-29(27)31;1-42(2)33-18-11-17-32(36(33)31-24-25-35-37(38(31)42)30-16-9-10-19-34(30)46-35)41-44-39(28-14-7-4-8-15-28)43-40(45-41)29-22-20-27(21-23-29)26-12-5-3-6-13-26/h3-27H,1-2H3;3-25H,1-2H3;3-25H,1-2H3. The fourth-order valence-electron chi connectivity index (χ4n) is 23.1. The molecule has 0 N–H and O–H groups in total. The zero-order valence-corrected chi connectivity index (χ0v) is 79.7. The van der Waals surface area contributed by atoms with E-state index in [9.17, 15) is 0 Å². The number of hydrogen-bond acceptors (Lipinski definition) is 12. The Balaban J connectivity index is 0.000000108. The highest BCUT2D eigenvalue weighted by atomic mass is 16.3. The highest BCUT2D eigenvalue weighted by molar-refractivity contribution is 6.16. The van der Waals surface area contributed by atoms with E-state index in [0.29, 0.717) is 52.4 Å². The molecule has 29 rings (SSSR count). The molecule has 0 unspecified atom stereocenters. The molecule has 0 aliphatic heterocycles. The van der Waals surface area contributed by atoms with Crippen molar-refractivity contribution in [3.05, 3.63) is 464 Å². The Morgan fingerprint density at radius 2 is 0.403 bits per heavy atom. The molecule has 0 saturated carbocycles.